The highest BCUT2D eigenvalue weighted by molar-refractivity contribution is 6.22. The molecule has 21 heavy (non-hydrogen) atoms. The monoisotopic (exact) mass is 282 g/mol. The number of hydrogen-bond donors (Lipinski definition) is 0. The van der Waals surface area contributed by atoms with Gasteiger partial charge in [-0.05, 0) is 18.4 Å². The van der Waals surface area contributed by atoms with Crippen LogP contribution in [-0.4, -0.2) is 21.6 Å². The molecule has 4 rings (SSSR count). The maximum absolute atomic E-state index is 12.9. The van der Waals surface area contributed by atoms with Crippen LogP contribution in [0.3, 0.4) is 0 Å². The van der Waals surface area contributed by atoms with Crippen molar-refractivity contribution in [3.8, 4) is 0 Å². The van der Waals surface area contributed by atoms with E-state index in [-0.39, 0.29) is 17.8 Å². The van der Waals surface area contributed by atoms with Crippen LogP contribution in [0, 0.1) is 11.7 Å². The van der Waals surface area contributed by atoms with Gasteiger partial charge in [0.25, 0.3) is 11.9 Å². The van der Waals surface area contributed by atoms with Gasteiger partial charge >= 0.3 is 0 Å². The van der Waals surface area contributed by atoms with E-state index in [1.54, 1.807) is 0 Å². The van der Waals surface area contributed by atoms with Gasteiger partial charge in [-0.2, -0.15) is 10.1 Å². The van der Waals surface area contributed by atoms with Crippen LogP contribution in [0.15, 0.2) is 41.8 Å². The van der Waals surface area contributed by atoms with Crippen LogP contribution in [0.25, 0.3) is 0 Å². The molecule has 1 amide bonds. The molecule has 1 aromatic heterocycles. The van der Waals surface area contributed by atoms with Crippen LogP contribution in [0.4, 0.5) is 10.3 Å². The fourth-order valence-electron chi connectivity index (χ4n) is 2.84. The van der Waals surface area contributed by atoms with Gasteiger partial charge in [0.15, 0.2) is 5.82 Å². The minimum Gasteiger partial charge on any atom is -0.272 e. The number of benzene rings is 1. The van der Waals surface area contributed by atoms with E-state index in [2.05, 4.69) is 21.1 Å². The Labute approximate surface area is 120 Å². The molecule has 0 bridgehead atoms. The minimum absolute atomic E-state index is 0.112. The summed E-state index contributed by atoms with van der Waals surface area (Å²) in [6, 6.07) is 7.95. The number of hydrazone groups is 1. The summed E-state index contributed by atoms with van der Waals surface area (Å²) in [4.78, 5) is 20.1. The molecule has 104 valence electrons. The number of carbonyl (C=O) groups is 1. The van der Waals surface area contributed by atoms with E-state index in [9.17, 15) is 9.18 Å². The number of halogens is 1. The third-order valence-corrected chi connectivity index (χ3v) is 3.84. The Morgan fingerprint density at radius 1 is 1.19 bits per heavy atom. The molecule has 2 heterocycles. The SMILES string of the molecule is O=C1C2CCc3ccccc3C2=NN1c1ncc(F)cn1. The number of rotatable bonds is 1. The lowest BCUT2D eigenvalue weighted by Crippen LogP contribution is -2.31. The zero-order chi connectivity index (χ0) is 14.4. The molecule has 2 aliphatic rings. The Morgan fingerprint density at radius 2 is 1.95 bits per heavy atom. The van der Waals surface area contributed by atoms with Gasteiger partial charge in [-0.1, -0.05) is 24.3 Å². The molecular weight excluding hydrogens is 271 g/mol. The second-order valence-corrected chi connectivity index (χ2v) is 5.08. The Hall–Kier alpha value is -2.63. The van der Waals surface area contributed by atoms with Gasteiger partial charge in [-0.3, -0.25) is 4.79 Å². The smallest absolute Gasteiger partial charge is 0.259 e. The molecule has 1 atom stereocenters. The first kappa shape index (κ1) is 12.1. The Balaban J connectivity index is 1.79. The number of hydrogen-bond acceptors (Lipinski definition) is 4. The molecule has 0 N–H and O–H groups in total. The quantitative estimate of drug-likeness (QED) is 0.803. The average molecular weight is 282 g/mol. The van der Waals surface area contributed by atoms with Crippen LogP contribution in [0.2, 0.25) is 0 Å². The third-order valence-electron chi connectivity index (χ3n) is 3.84. The molecule has 1 aliphatic carbocycles. The molecule has 0 saturated carbocycles. The van der Waals surface area contributed by atoms with Crippen LogP contribution in [0.1, 0.15) is 17.5 Å². The number of anilines is 1. The van der Waals surface area contributed by atoms with Gasteiger partial charge in [-0.25, -0.2) is 14.4 Å². The normalized spacial score (nSPS) is 20.0. The van der Waals surface area contributed by atoms with E-state index in [1.165, 1.54) is 10.6 Å². The van der Waals surface area contributed by atoms with Crippen molar-refractivity contribution in [2.75, 3.05) is 5.01 Å². The molecule has 0 spiro atoms. The summed E-state index contributed by atoms with van der Waals surface area (Å²) in [6.45, 7) is 0. The molecule has 0 fully saturated rings. The lowest BCUT2D eigenvalue weighted by molar-refractivity contribution is -0.120. The van der Waals surface area contributed by atoms with Crippen LogP contribution in [0.5, 0.6) is 0 Å². The van der Waals surface area contributed by atoms with Gasteiger partial charge in [0.05, 0.1) is 24.0 Å². The molecular formula is C15H11FN4O. The highest BCUT2D eigenvalue weighted by atomic mass is 19.1. The standard InChI is InChI=1S/C15H11FN4O/c16-10-7-17-15(18-8-10)20-14(21)12-6-5-9-3-1-2-4-11(9)13(12)19-20/h1-4,7-8,12H,5-6H2. The van der Waals surface area contributed by atoms with E-state index < -0.39 is 5.82 Å². The number of amides is 1. The zero-order valence-corrected chi connectivity index (χ0v) is 11.0. The van der Waals surface area contributed by atoms with Crippen molar-refractivity contribution in [1.29, 1.82) is 0 Å². The first-order valence-corrected chi connectivity index (χ1v) is 6.72. The largest absolute Gasteiger partial charge is 0.272 e. The lowest BCUT2D eigenvalue weighted by atomic mass is 9.82. The van der Waals surface area contributed by atoms with E-state index >= 15 is 0 Å². The number of aromatic nitrogens is 2. The fourth-order valence-corrected chi connectivity index (χ4v) is 2.84. The summed E-state index contributed by atoms with van der Waals surface area (Å²) in [7, 11) is 0. The highest BCUT2D eigenvalue weighted by Crippen LogP contribution is 2.33. The van der Waals surface area contributed by atoms with Gasteiger partial charge in [0, 0.05) is 5.56 Å². The first-order valence-electron chi connectivity index (χ1n) is 6.72. The zero-order valence-electron chi connectivity index (χ0n) is 11.0. The van der Waals surface area contributed by atoms with Crippen molar-refractivity contribution in [2.45, 2.75) is 12.8 Å². The highest BCUT2D eigenvalue weighted by Gasteiger charge is 2.41. The van der Waals surface area contributed by atoms with E-state index in [4.69, 9.17) is 0 Å². The van der Waals surface area contributed by atoms with E-state index in [0.717, 1.165) is 36.5 Å². The second kappa shape index (κ2) is 4.44. The average Bonchev–Trinajstić information content (AvgIpc) is 2.86. The maximum atomic E-state index is 12.9. The molecule has 1 aromatic carbocycles. The van der Waals surface area contributed by atoms with E-state index in [0.29, 0.717) is 0 Å². The van der Waals surface area contributed by atoms with Crippen molar-refractivity contribution < 1.29 is 9.18 Å². The molecule has 1 aliphatic heterocycles. The van der Waals surface area contributed by atoms with Gasteiger partial charge < -0.3 is 0 Å². The van der Waals surface area contributed by atoms with Crippen LogP contribution in [-0.2, 0) is 11.2 Å². The van der Waals surface area contributed by atoms with Crippen molar-refractivity contribution in [2.24, 2.45) is 11.0 Å². The van der Waals surface area contributed by atoms with E-state index in [1.807, 2.05) is 18.2 Å². The van der Waals surface area contributed by atoms with Gasteiger partial charge in [0.1, 0.15) is 0 Å². The summed E-state index contributed by atoms with van der Waals surface area (Å²) in [5, 5.41) is 5.57. The summed E-state index contributed by atoms with van der Waals surface area (Å²) >= 11 is 0. The number of carbonyl (C=O) groups excluding carboxylic acids is 1. The summed E-state index contributed by atoms with van der Waals surface area (Å²) in [6.07, 6.45) is 3.65. The first-order chi connectivity index (χ1) is 10.2. The lowest BCUT2D eigenvalue weighted by Gasteiger charge is -2.19. The summed E-state index contributed by atoms with van der Waals surface area (Å²) < 4.78 is 12.9. The van der Waals surface area contributed by atoms with Gasteiger partial charge in [-0.15, -0.1) is 0 Å². The molecule has 5 nitrogen and oxygen atoms in total. The summed E-state index contributed by atoms with van der Waals surface area (Å²) in [5.41, 5.74) is 2.96. The Bertz CT molecular complexity index is 757. The number of nitrogens with zero attached hydrogens (tertiary/aromatic N) is 4. The number of aryl methyl sites for hydroxylation is 1. The van der Waals surface area contributed by atoms with Crippen LogP contribution < -0.4 is 5.01 Å². The fraction of sp³-hybridized carbons (Fsp3) is 0.200. The van der Waals surface area contributed by atoms with Crippen molar-refractivity contribution >= 4 is 17.6 Å². The second-order valence-electron chi connectivity index (χ2n) is 5.08. The van der Waals surface area contributed by atoms with Crippen molar-refractivity contribution in [3.63, 3.8) is 0 Å². The molecule has 0 saturated heterocycles. The number of fused-ring (bicyclic) bond motifs is 3. The maximum Gasteiger partial charge on any atom is 0.259 e. The Kier molecular flexibility index (Phi) is 2.57. The van der Waals surface area contributed by atoms with Gasteiger partial charge in [0.2, 0.25) is 0 Å². The molecule has 6 heteroatoms. The minimum atomic E-state index is -0.541. The van der Waals surface area contributed by atoms with Crippen molar-refractivity contribution in [3.05, 3.63) is 53.6 Å². The molecule has 2 aromatic rings. The van der Waals surface area contributed by atoms with Crippen LogP contribution >= 0.6 is 0 Å². The molecule has 1 unspecified atom stereocenters. The summed E-state index contributed by atoms with van der Waals surface area (Å²) in [5.74, 6) is -0.832. The molecule has 0 radical (unpaired) electrons. The Morgan fingerprint density at radius 3 is 2.76 bits per heavy atom. The predicted molar refractivity (Wildman–Crippen MR) is 74.3 cm³/mol. The topological polar surface area (TPSA) is 58.5 Å². The third kappa shape index (κ3) is 1.83. The van der Waals surface area contributed by atoms with Crippen molar-refractivity contribution in [1.82, 2.24) is 9.97 Å². The predicted octanol–water partition coefficient (Wildman–Crippen LogP) is 1.93.